The topological polar surface area (TPSA) is 91.1 Å². The molecule has 4 heterocycles. The van der Waals surface area contributed by atoms with Gasteiger partial charge in [0.05, 0.1) is 28.3 Å². The molecule has 0 bridgehead atoms. The summed E-state index contributed by atoms with van der Waals surface area (Å²) in [6.45, 7) is 2.99. The van der Waals surface area contributed by atoms with Crippen LogP contribution in [0.3, 0.4) is 0 Å². The number of thiophene rings is 1. The van der Waals surface area contributed by atoms with Gasteiger partial charge in [0.15, 0.2) is 0 Å². The van der Waals surface area contributed by atoms with E-state index in [0.29, 0.717) is 57.3 Å². The molecule has 170 valence electrons. The van der Waals surface area contributed by atoms with E-state index in [1.807, 2.05) is 4.90 Å². The number of aryl methyl sites for hydroxylation is 1. The standard InChI is InChI=1S/C24H22N2O6S/c1-13-21(24(28)30-3)16-5-4-14(10-19(16)31-13)32-18-6-8-25-17-11-20(33-22(17)18)23(27)26-9-7-15(12-26)29-2/h4-6,8,10-11,15H,7,9,12H2,1-3H3. The number of hydrogen-bond acceptors (Lipinski definition) is 8. The molecule has 0 N–H and O–H groups in total. The van der Waals surface area contributed by atoms with E-state index in [-0.39, 0.29) is 12.0 Å². The number of methoxy groups -OCH3 is 2. The molecule has 3 aromatic heterocycles. The first-order valence-electron chi connectivity index (χ1n) is 10.5. The molecule has 1 fully saturated rings. The van der Waals surface area contributed by atoms with Gasteiger partial charge in [-0.05, 0) is 31.5 Å². The fourth-order valence-electron chi connectivity index (χ4n) is 4.11. The second kappa shape index (κ2) is 8.49. The molecule has 1 atom stereocenters. The lowest BCUT2D eigenvalue weighted by Crippen LogP contribution is -2.29. The van der Waals surface area contributed by atoms with Crippen molar-refractivity contribution in [3.8, 4) is 11.5 Å². The average molecular weight is 467 g/mol. The van der Waals surface area contributed by atoms with Crippen LogP contribution in [0, 0.1) is 6.92 Å². The summed E-state index contributed by atoms with van der Waals surface area (Å²) in [5.41, 5.74) is 1.63. The Labute approximate surface area is 193 Å². The van der Waals surface area contributed by atoms with Crippen molar-refractivity contribution in [2.45, 2.75) is 19.4 Å². The molecule has 4 aromatic rings. The highest BCUT2D eigenvalue weighted by Crippen LogP contribution is 2.37. The number of ether oxygens (including phenoxy) is 3. The predicted octanol–water partition coefficient (Wildman–Crippen LogP) is 4.79. The lowest BCUT2D eigenvalue weighted by molar-refractivity contribution is 0.0600. The molecule has 1 amide bonds. The molecule has 1 saturated heterocycles. The number of pyridine rings is 1. The summed E-state index contributed by atoms with van der Waals surface area (Å²) in [6.07, 6.45) is 2.58. The molecule has 33 heavy (non-hydrogen) atoms. The number of hydrogen-bond donors (Lipinski definition) is 0. The van der Waals surface area contributed by atoms with Crippen molar-refractivity contribution in [2.75, 3.05) is 27.3 Å². The van der Waals surface area contributed by atoms with Crippen LogP contribution >= 0.6 is 11.3 Å². The van der Waals surface area contributed by atoms with Gasteiger partial charge in [-0.15, -0.1) is 11.3 Å². The number of carbonyl (C=O) groups is 2. The zero-order valence-corrected chi connectivity index (χ0v) is 19.2. The average Bonchev–Trinajstić information content (AvgIpc) is 3.54. The van der Waals surface area contributed by atoms with E-state index in [0.717, 1.165) is 11.1 Å². The van der Waals surface area contributed by atoms with Crippen molar-refractivity contribution >= 4 is 44.4 Å². The Morgan fingerprint density at radius 2 is 2.06 bits per heavy atom. The molecule has 1 unspecified atom stereocenters. The third-order valence-electron chi connectivity index (χ3n) is 5.81. The molecular formula is C24H22N2O6S. The minimum Gasteiger partial charge on any atom is -0.465 e. The molecule has 1 aliphatic heterocycles. The van der Waals surface area contributed by atoms with Gasteiger partial charge < -0.3 is 23.5 Å². The number of benzene rings is 1. The zero-order valence-electron chi connectivity index (χ0n) is 18.4. The van der Waals surface area contributed by atoms with E-state index in [1.165, 1.54) is 18.4 Å². The lowest BCUT2D eigenvalue weighted by Gasteiger charge is -2.14. The van der Waals surface area contributed by atoms with Crippen LogP contribution in [0.15, 0.2) is 40.9 Å². The summed E-state index contributed by atoms with van der Waals surface area (Å²) >= 11 is 1.36. The maximum Gasteiger partial charge on any atom is 0.342 e. The van der Waals surface area contributed by atoms with Crippen LogP contribution in [0.5, 0.6) is 11.5 Å². The first-order valence-corrected chi connectivity index (χ1v) is 11.3. The molecule has 1 aliphatic rings. The van der Waals surface area contributed by atoms with Gasteiger partial charge in [-0.2, -0.15) is 0 Å². The van der Waals surface area contributed by atoms with Crippen LogP contribution in [0.2, 0.25) is 0 Å². The van der Waals surface area contributed by atoms with Crippen LogP contribution in [0.25, 0.3) is 21.2 Å². The number of rotatable bonds is 5. The molecule has 8 nitrogen and oxygen atoms in total. The van der Waals surface area contributed by atoms with Crippen molar-refractivity contribution in [1.29, 1.82) is 0 Å². The Kier molecular flexibility index (Phi) is 5.51. The van der Waals surface area contributed by atoms with E-state index >= 15 is 0 Å². The van der Waals surface area contributed by atoms with Gasteiger partial charge in [0.1, 0.15) is 28.4 Å². The Balaban J connectivity index is 1.44. The Bertz CT molecular complexity index is 1370. The fourth-order valence-corrected chi connectivity index (χ4v) is 5.14. The molecule has 0 radical (unpaired) electrons. The number of nitrogens with zero attached hydrogens (tertiary/aromatic N) is 2. The van der Waals surface area contributed by atoms with E-state index in [1.54, 1.807) is 50.6 Å². The summed E-state index contributed by atoms with van der Waals surface area (Å²) in [5, 5.41) is 0.663. The first-order chi connectivity index (χ1) is 16.0. The summed E-state index contributed by atoms with van der Waals surface area (Å²) in [4.78, 5) is 31.9. The van der Waals surface area contributed by atoms with Gasteiger partial charge in [0, 0.05) is 43.9 Å². The summed E-state index contributed by atoms with van der Waals surface area (Å²) < 4.78 is 22.9. The molecule has 0 aliphatic carbocycles. The van der Waals surface area contributed by atoms with E-state index in [9.17, 15) is 9.59 Å². The third-order valence-corrected chi connectivity index (χ3v) is 6.93. The maximum absolute atomic E-state index is 13.0. The first kappa shape index (κ1) is 21.4. The van der Waals surface area contributed by atoms with Crippen molar-refractivity contribution in [1.82, 2.24) is 9.88 Å². The van der Waals surface area contributed by atoms with E-state index in [2.05, 4.69) is 4.98 Å². The van der Waals surface area contributed by atoms with Crippen LogP contribution in [0.4, 0.5) is 0 Å². The number of furan rings is 1. The van der Waals surface area contributed by atoms with Crippen molar-refractivity contribution in [3.63, 3.8) is 0 Å². The van der Waals surface area contributed by atoms with E-state index < -0.39 is 5.97 Å². The largest absolute Gasteiger partial charge is 0.465 e. The number of esters is 1. The minimum atomic E-state index is -0.443. The highest BCUT2D eigenvalue weighted by atomic mass is 32.1. The number of carbonyl (C=O) groups excluding carboxylic acids is 2. The second-order valence-electron chi connectivity index (χ2n) is 7.82. The van der Waals surface area contributed by atoms with E-state index in [4.69, 9.17) is 18.6 Å². The predicted molar refractivity (Wildman–Crippen MR) is 123 cm³/mol. The third kappa shape index (κ3) is 3.83. The maximum atomic E-state index is 13.0. The Hall–Kier alpha value is -3.43. The van der Waals surface area contributed by atoms with Crippen molar-refractivity contribution in [3.05, 3.63) is 52.7 Å². The van der Waals surface area contributed by atoms with Crippen LogP contribution in [-0.4, -0.2) is 55.2 Å². The summed E-state index contributed by atoms with van der Waals surface area (Å²) in [6, 6.07) is 8.84. The monoisotopic (exact) mass is 466 g/mol. The van der Waals surface area contributed by atoms with Crippen molar-refractivity contribution in [2.24, 2.45) is 0 Å². The molecule has 0 saturated carbocycles. The number of fused-ring (bicyclic) bond motifs is 2. The smallest absolute Gasteiger partial charge is 0.342 e. The molecular weight excluding hydrogens is 444 g/mol. The summed E-state index contributed by atoms with van der Waals surface area (Å²) in [7, 11) is 3.01. The van der Waals surface area contributed by atoms with Gasteiger partial charge in [-0.1, -0.05) is 0 Å². The lowest BCUT2D eigenvalue weighted by atomic mass is 10.1. The SMILES string of the molecule is COC(=O)c1c(C)oc2cc(Oc3ccnc4cc(C(=O)N5CCC(OC)C5)sc34)ccc12. The van der Waals surface area contributed by atoms with Crippen molar-refractivity contribution < 1.29 is 28.2 Å². The van der Waals surface area contributed by atoms with Crippen LogP contribution < -0.4 is 4.74 Å². The quantitative estimate of drug-likeness (QED) is 0.391. The summed E-state index contributed by atoms with van der Waals surface area (Å²) in [5.74, 6) is 1.16. The Morgan fingerprint density at radius 3 is 2.82 bits per heavy atom. The molecule has 1 aromatic carbocycles. The number of likely N-dealkylation sites (tertiary alicyclic amines) is 1. The highest BCUT2D eigenvalue weighted by molar-refractivity contribution is 7.21. The minimum absolute atomic E-state index is 0.0219. The van der Waals surface area contributed by atoms with Crippen LogP contribution in [0.1, 0.15) is 32.2 Å². The van der Waals surface area contributed by atoms with Gasteiger partial charge in [0.2, 0.25) is 0 Å². The normalized spacial score (nSPS) is 16.0. The van der Waals surface area contributed by atoms with Crippen LogP contribution in [-0.2, 0) is 9.47 Å². The van der Waals surface area contributed by atoms with Gasteiger partial charge in [-0.3, -0.25) is 9.78 Å². The molecule has 5 rings (SSSR count). The Morgan fingerprint density at radius 1 is 1.21 bits per heavy atom. The molecule has 9 heteroatoms. The zero-order chi connectivity index (χ0) is 23.1. The van der Waals surface area contributed by atoms with Gasteiger partial charge in [-0.25, -0.2) is 4.79 Å². The number of aromatic nitrogens is 1. The molecule has 0 spiro atoms. The number of amides is 1. The van der Waals surface area contributed by atoms with Gasteiger partial charge >= 0.3 is 5.97 Å². The van der Waals surface area contributed by atoms with Gasteiger partial charge in [0.25, 0.3) is 5.91 Å². The second-order valence-corrected chi connectivity index (χ2v) is 8.87. The fraction of sp³-hybridized carbons (Fsp3) is 0.292. The highest BCUT2D eigenvalue weighted by Gasteiger charge is 2.28.